The molecule has 0 heterocycles. The Labute approximate surface area is 164 Å². The van der Waals surface area contributed by atoms with Crippen LogP contribution in [0.4, 0.5) is 0 Å². The molecule has 6 heteroatoms. The van der Waals surface area contributed by atoms with Crippen molar-refractivity contribution in [3.63, 3.8) is 0 Å². The van der Waals surface area contributed by atoms with Crippen LogP contribution in [-0.4, -0.2) is 31.3 Å². The normalized spacial score (nSPS) is 12.6. The van der Waals surface area contributed by atoms with E-state index in [0.29, 0.717) is 23.6 Å². The molecule has 2 rings (SSSR count). The molecule has 0 saturated carbocycles. The standard InChI is InChI=1S/C22H25NO5/c1-14(22(26)17-8-6-5-7-9-17)19(13-23-15(2)24)18-10-11-20(28-16(3)25)21(12-18)27-4/h5-12,14,19H,13H2,1-4H3,(H,23,24). The summed E-state index contributed by atoms with van der Waals surface area (Å²) < 4.78 is 10.5. The van der Waals surface area contributed by atoms with Crippen molar-refractivity contribution < 1.29 is 23.9 Å². The summed E-state index contributed by atoms with van der Waals surface area (Å²) in [7, 11) is 1.48. The largest absolute Gasteiger partial charge is 0.493 e. The van der Waals surface area contributed by atoms with Crippen molar-refractivity contribution in [1.29, 1.82) is 0 Å². The van der Waals surface area contributed by atoms with Crippen LogP contribution in [0.15, 0.2) is 48.5 Å². The summed E-state index contributed by atoms with van der Waals surface area (Å²) in [6.45, 7) is 4.89. The lowest BCUT2D eigenvalue weighted by atomic mass is 9.82. The van der Waals surface area contributed by atoms with Gasteiger partial charge in [0, 0.05) is 37.8 Å². The van der Waals surface area contributed by atoms with Crippen molar-refractivity contribution >= 4 is 17.7 Å². The predicted molar refractivity (Wildman–Crippen MR) is 106 cm³/mol. The first-order valence-electron chi connectivity index (χ1n) is 9.03. The van der Waals surface area contributed by atoms with Crippen LogP contribution in [0, 0.1) is 5.92 Å². The molecular weight excluding hydrogens is 358 g/mol. The highest BCUT2D eigenvalue weighted by molar-refractivity contribution is 5.98. The summed E-state index contributed by atoms with van der Waals surface area (Å²) in [4.78, 5) is 35.7. The first kappa shape index (κ1) is 21.2. The first-order chi connectivity index (χ1) is 13.3. The molecule has 0 spiro atoms. The number of esters is 1. The highest BCUT2D eigenvalue weighted by Gasteiger charge is 2.27. The van der Waals surface area contributed by atoms with Gasteiger partial charge < -0.3 is 14.8 Å². The van der Waals surface area contributed by atoms with E-state index < -0.39 is 11.9 Å². The predicted octanol–water partition coefficient (Wildman–Crippen LogP) is 3.36. The summed E-state index contributed by atoms with van der Waals surface area (Å²) >= 11 is 0. The Kier molecular flexibility index (Phi) is 7.32. The van der Waals surface area contributed by atoms with Crippen LogP contribution < -0.4 is 14.8 Å². The Balaban J connectivity index is 2.38. The number of ether oxygens (including phenoxy) is 2. The van der Waals surface area contributed by atoms with Gasteiger partial charge in [-0.1, -0.05) is 43.3 Å². The van der Waals surface area contributed by atoms with E-state index in [2.05, 4.69) is 5.32 Å². The Bertz CT molecular complexity index is 847. The van der Waals surface area contributed by atoms with Crippen LogP contribution in [0.2, 0.25) is 0 Å². The summed E-state index contributed by atoms with van der Waals surface area (Å²) in [5, 5.41) is 2.80. The number of benzene rings is 2. The molecule has 1 amide bonds. The fourth-order valence-electron chi connectivity index (χ4n) is 3.04. The summed E-state index contributed by atoms with van der Waals surface area (Å²) in [6, 6.07) is 14.2. The quantitative estimate of drug-likeness (QED) is 0.429. The van der Waals surface area contributed by atoms with Gasteiger partial charge in [-0.3, -0.25) is 14.4 Å². The van der Waals surface area contributed by atoms with E-state index in [1.165, 1.54) is 21.0 Å². The maximum Gasteiger partial charge on any atom is 0.308 e. The van der Waals surface area contributed by atoms with Crippen molar-refractivity contribution in [2.45, 2.75) is 26.7 Å². The number of methoxy groups -OCH3 is 1. The third kappa shape index (κ3) is 5.42. The minimum Gasteiger partial charge on any atom is -0.493 e. The molecule has 2 unspecified atom stereocenters. The van der Waals surface area contributed by atoms with Crippen molar-refractivity contribution in [2.75, 3.05) is 13.7 Å². The monoisotopic (exact) mass is 383 g/mol. The topological polar surface area (TPSA) is 81.7 Å². The fourth-order valence-corrected chi connectivity index (χ4v) is 3.04. The van der Waals surface area contributed by atoms with Crippen LogP contribution in [0.25, 0.3) is 0 Å². The van der Waals surface area contributed by atoms with E-state index in [1.54, 1.807) is 30.3 Å². The van der Waals surface area contributed by atoms with E-state index in [0.717, 1.165) is 5.56 Å². The highest BCUT2D eigenvalue weighted by Crippen LogP contribution is 2.34. The van der Waals surface area contributed by atoms with Gasteiger partial charge in [0.2, 0.25) is 5.91 Å². The number of Topliss-reactive ketones (excluding diaryl/α,β-unsaturated/α-hetero) is 1. The number of carbonyl (C=O) groups is 3. The molecule has 0 aliphatic carbocycles. The van der Waals surface area contributed by atoms with Gasteiger partial charge in [0.15, 0.2) is 17.3 Å². The Morgan fingerprint density at radius 2 is 1.68 bits per heavy atom. The lowest BCUT2D eigenvalue weighted by Crippen LogP contribution is -2.32. The molecule has 0 aromatic heterocycles. The molecule has 2 aromatic carbocycles. The number of nitrogens with one attached hydrogen (secondary N) is 1. The van der Waals surface area contributed by atoms with Crippen LogP contribution in [0.5, 0.6) is 11.5 Å². The minimum absolute atomic E-state index is 0.0148. The van der Waals surface area contributed by atoms with Crippen LogP contribution in [0.3, 0.4) is 0 Å². The summed E-state index contributed by atoms with van der Waals surface area (Å²) in [5.41, 5.74) is 1.42. The maximum atomic E-state index is 13.0. The van der Waals surface area contributed by atoms with Crippen LogP contribution in [0.1, 0.15) is 42.6 Å². The van der Waals surface area contributed by atoms with Gasteiger partial charge in [0.25, 0.3) is 0 Å². The smallest absolute Gasteiger partial charge is 0.308 e. The molecule has 28 heavy (non-hydrogen) atoms. The van der Waals surface area contributed by atoms with Gasteiger partial charge in [-0.05, 0) is 17.7 Å². The van der Waals surface area contributed by atoms with E-state index in [4.69, 9.17) is 9.47 Å². The number of amides is 1. The van der Waals surface area contributed by atoms with E-state index in [-0.39, 0.29) is 17.6 Å². The molecule has 2 aromatic rings. The van der Waals surface area contributed by atoms with Crippen molar-refractivity contribution in [2.24, 2.45) is 5.92 Å². The second-order valence-electron chi connectivity index (χ2n) is 6.57. The number of ketones is 1. The third-order valence-corrected chi connectivity index (χ3v) is 4.52. The Hall–Kier alpha value is -3.15. The number of carbonyl (C=O) groups excluding carboxylic acids is 3. The van der Waals surface area contributed by atoms with Gasteiger partial charge >= 0.3 is 5.97 Å². The zero-order chi connectivity index (χ0) is 20.7. The molecular formula is C22H25NO5. The minimum atomic E-state index is -0.450. The fraction of sp³-hybridized carbons (Fsp3) is 0.318. The van der Waals surface area contributed by atoms with Crippen molar-refractivity contribution in [3.05, 3.63) is 59.7 Å². The maximum absolute atomic E-state index is 13.0. The molecule has 0 fully saturated rings. The molecule has 0 aliphatic rings. The Morgan fingerprint density at radius 3 is 2.25 bits per heavy atom. The van der Waals surface area contributed by atoms with Gasteiger partial charge in [0.1, 0.15) is 0 Å². The van der Waals surface area contributed by atoms with Gasteiger partial charge in [0.05, 0.1) is 7.11 Å². The number of hydrogen-bond donors (Lipinski definition) is 1. The van der Waals surface area contributed by atoms with E-state index >= 15 is 0 Å². The number of hydrogen-bond acceptors (Lipinski definition) is 5. The van der Waals surface area contributed by atoms with Gasteiger partial charge in [-0.25, -0.2) is 0 Å². The SMILES string of the molecule is COc1cc(C(CNC(C)=O)C(C)C(=O)c2ccccc2)ccc1OC(C)=O. The average molecular weight is 383 g/mol. The second-order valence-corrected chi connectivity index (χ2v) is 6.57. The number of rotatable bonds is 8. The van der Waals surface area contributed by atoms with Crippen molar-refractivity contribution in [3.8, 4) is 11.5 Å². The lowest BCUT2D eigenvalue weighted by Gasteiger charge is -2.25. The molecule has 1 N–H and O–H groups in total. The van der Waals surface area contributed by atoms with Gasteiger partial charge in [-0.15, -0.1) is 0 Å². The molecule has 0 radical (unpaired) electrons. The van der Waals surface area contributed by atoms with Gasteiger partial charge in [-0.2, -0.15) is 0 Å². The van der Waals surface area contributed by atoms with Crippen LogP contribution >= 0.6 is 0 Å². The summed E-state index contributed by atoms with van der Waals surface area (Å²) in [6.07, 6.45) is 0. The molecule has 148 valence electrons. The molecule has 6 nitrogen and oxygen atoms in total. The third-order valence-electron chi connectivity index (χ3n) is 4.52. The van der Waals surface area contributed by atoms with E-state index in [1.807, 2.05) is 25.1 Å². The van der Waals surface area contributed by atoms with Crippen molar-refractivity contribution in [1.82, 2.24) is 5.32 Å². The molecule has 0 bridgehead atoms. The average Bonchev–Trinajstić information content (AvgIpc) is 2.68. The zero-order valence-corrected chi connectivity index (χ0v) is 16.5. The van der Waals surface area contributed by atoms with E-state index in [9.17, 15) is 14.4 Å². The van der Waals surface area contributed by atoms with Crippen LogP contribution in [-0.2, 0) is 9.59 Å². The first-order valence-corrected chi connectivity index (χ1v) is 9.03. The Morgan fingerprint density at radius 1 is 1.00 bits per heavy atom. The summed E-state index contributed by atoms with van der Waals surface area (Å²) in [5.74, 6) is -0.616. The zero-order valence-electron chi connectivity index (χ0n) is 16.5. The lowest BCUT2D eigenvalue weighted by molar-refractivity contribution is -0.132. The molecule has 0 saturated heterocycles. The second kappa shape index (κ2) is 9.69. The molecule has 0 aliphatic heterocycles. The molecule has 2 atom stereocenters. The highest BCUT2D eigenvalue weighted by atomic mass is 16.6.